The Balaban J connectivity index is 0.00000148. The van der Waals surface area contributed by atoms with Crippen LogP contribution >= 0.6 is 0 Å². The molecule has 0 aliphatic carbocycles. The zero-order valence-electron chi connectivity index (χ0n) is 20.1. The summed E-state index contributed by atoms with van der Waals surface area (Å²) in [6, 6.07) is 7.38. The number of allylic oxidation sites excluding steroid dienone is 2. The number of piperidine rings is 1. The van der Waals surface area contributed by atoms with Crippen molar-refractivity contribution in [2.45, 2.75) is 32.7 Å². The second kappa shape index (κ2) is 10.4. The predicted octanol–water partition coefficient (Wildman–Crippen LogP) is 4.88. The Morgan fingerprint density at radius 1 is 1.11 bits per heavy atom. The summed E-state index contributed by atoms with van der Waals surface area (Å²) >= 11 is 0. The number of halogens is 3. The van der Waals surface area contributed by atoms with Crippen LogP contribution in [-0.2, 0) is 4.79 Å². The molecule has 1 atom stereocenters. The largest absolute Gasteiger partial charge is 0.383 e. The molecule has 2 fully saturated rings. The molecule has 2 N–H and O–H groups in total. The minimum absolute atomic E-state index is 0.0202. The summed E-state index contributed by atoms with van der Waals surface area (Å²) in [5.41, 5.74) is 0.478. The topological polar surface area (TPSA) is 77.6 Å². The summed E-state index contributed by atoms with van der Waals surface area (Å²) in [4.78, 5) is 33.7. The first kappa shape index (κ1) is 25.3. The first-order valence-corrected chi connectivity index (χ1v) is 11.9. The maximum atomic E-state index is 13.9. The van der Waals surface area contributed by atoms with Gasteiger partial charge in [-0.25, -0.2) is 18.0 Å². The number of anilines is 1. The Hall–Kier alpha value is -3.82. The second-order valence-corrected chi connectivity index (χ2v) is 8.61. The number of nitrogens with one attached hydrogen (secondary N) is 2. The van der Waals surface area contributed by atoms with Gasteiger partial charge < -0.3 is 20.4 Å². The van der Waals surface area contributed by atoms with Crippen LogP contribution in [0.25, 0.3) is 0 Å². The molecule has 36 heavy (non-hydrogen) atoms. The zero-order valence-corrected chi connectivity index (χ0v) is 20.1. The van der Waals surface area contributed by atoms with Crippen LogP contribution in [0.3, 0.4) is 0 Å². The fourth-order valence-corrected chi connectivity index (χ4v) is 4.99. The molecular formula is C26H28F3N5O2. The number of carbonyl (C=O) groups is 2. The third kappa shape index (κ3) is 4.67. The van der Waals surface area contributed by atoms with Crippen LogP contribution in [0, 0.1) is 17.0 Å². The van der Waals surface area contributed by atoms with E-state index in [1.165, 1.54) is 17.2 Å². The van der Waals surface area contributed by atoms with Gasteiger partial charge in [-0.15, -0.1) is 0 Å². The molecule has 0 radical (unpaired) electrons. The van der Waals surface area contributed by atoms with Crippen LogP contribution in [-0.4, -0.2) is 46.4 Å². The average Bonchev–Trinajstić information content (AvgIpc) is 2.88. The molecule has 3 aliphatic rings. The van der Waals surface area contributed by atoms with Crippen molar-refractivity contribution in [3.8, 4) is 0 Å². The molecule has 1 aromatic heterocycles. The monoisotopic (exact) mass is 499 g/mol. The summed E-state index contributed by atoms with van der Waals surface area (Å²) in [7, 11) is 0. The lowest BCUT2D eigenvalue weighted by Crippen LogP contribution is -2.66. The molecule has 0 saturated carbocycles. The first-order chi connectivity index (χ1) is 17.4. The van der Waals surface area contributed by atoms with Gasteiger partial charge in [0.25, 0.3) is 0 Å². The number of benzene rings is 1. The molecule has 10 heteroatoms. The van der Waals surface area contributed by atoms with E-state index in [1.807, 2.05) is 26.0 Å². The van der Waals surface area contributed by atoms with Gasteiger partial charge in [0.1, 0.15) is 17.5 Å². The standard InChI is InChI=1S/C24H22F3N5O2.C2H6/c25-15-9-16(26)11-18(10-15)30-23(34)31-7-4-24(5-8-31)21(20-3-1-2-6-29-20)32(22(24)33)19-12-17(27)13-28-14-19;1-2/h1-3,6,9-13,21,28H,4-5,7-8,14H2,(H,30,34);1-2H3. The number of amides is 3. The van der Waals surface area contributed by atoms with Gasteiger partial charge in [0, 0.05) is 42.9 Å². The van der Waals surface area contributed by atoms with Crippen molar-refractivity contribution in [3.63, 3.8) is 0 Å². The quantitative estimate of drug-likeness (QED) is 0.590. The lowest BCUT2D eigenvalue weighted by molar-refractivity contribution is -0.174. The summed E-state index contributed by atoms with van der Waals surface area (Å²) in [6.45, 7) is 4.87. The maximum Gasteiger partial charge on any atom is 0.321 e. The second-order valence-electron chi connectivity index (χ2n) is 8.61. The van der Waals surface area contributed by atoms with E-state index in [0.717, 1.165) is 18.2 Å². The minimum atomic E-state index is -0.788. The van der Waals surface area contributed by atoms with Crippen molar-refractivity contribution in [2.75, 3.05) is 25.0 Å². The Kier molecular flexibility index (Phi) is 7.32. The fourth-order valence-electron chi connectivity index (χ4n) is 4.99. The van der Waals surface area contributed by atoms with E-state index in [-0.39, 0.29) is 30.7 Å². The highest BCUT2D eigenvalue weighted by atomic mass is 19.1. The molecular weight excluding hydrogens is 471 g/mol. The number of hydrogen-bond acceptors (Lipinski definition) is 4. The van der Waals surface area contributed by atoms with Crippen LogP contribution in [0.2, 0.25) is 0 Å². The normalized spacial score (nSPS) is 20.4. The lowest BCUT2D eigenvalue weighted by atomic mass is 9.63. The van der Waals surface area contributed by atoms with Gasteiger partial charge in [0.15, 0.2) is 0 Å². The number of hydrogen-bond donors (Lipinski definition) is 2. The SMILES string of the molecule is CC.O=C(Nc1cc(F)cc(F)c1)N1CCC2(CC1)C(=O)N(C1=CC(F)=CNC1)C2c1ccccn1. The van der Waals surface area contributed by atoms with E-state index in [0.29, 0.717) is 30.8 Å². The number of aromatic nitrogens is 1. The van der Waals surface area contributed by atoms with Gasteiger partial charge in [-0.1, -0.05) is 19.9 Å². The summed E-state index contributed by atoms with van der Waals surface area (Å²) < 4.78 is 40.8. The van der Waals surface area contributed by atoms with Gasteiger partial charge in [0.2, 0.25) is 5.91 Å². The van der Waals surface area contributed by atoms with Crippen molar-refractivity contribution in [1.82, 2.24) is 20.1 Å². The van der Waals surface area contributed by atoms with Gasteiger partial charge in [-0.05, 0) is 43.2 Å². The highest BCUT2D eigenvalue weighted by molar-refractivity contribution is 5.93. The highest BCUT2D eigenvalue weighted by Crippen LogP contribution is 2.57. The molecule has 2 aromatic rings. The van der Waals surface area contributed by atoms with Gasteiger partial charge >= 0.3 is 6.03 Å². The van der Waals surface area contributed by atoms with Crippen LogP contribution in [0.1, 0.15) is 38.4 Å². The van der Waals surface area contributed by atoms with Gasteiger partial charge in [-0.3, -0.25) is 9.78 Å². The fraction of sp³-hybridized carbons (Fsp3) is 0.346. The number of likely N-dealkylation sites (tertiary alicyclic amines) is 2. The zero-order chi connectivity index (χ0) is 25.9. The Morgan fingerprint density at radius 2 is 1.81 bits per heavy atom. The Bertz CT molecular complexity index is 1170. The van der Waals surface area contributed by atoms with E-state index in [2.05, 4.69) is 15.6 Å². The molecule has 3 aliphatic heterocycles. The molecule has 1 spiro atoms. The van der Waals surface area contributed by atoms with Gasteiger partial charge in [0.05, 0.1) is 23.7 Å². The van der Waals surface area contributed by atoms with Crippen molar-refractivity contribution < 1.29 is 22.8 Å². The van der Waals surface area contributed by atoms with E-state index < -0.39 is 28.9 Å². The first-order valence-electron chi connectivity index (χ1n) is 11.9. The van der Waals surface area contributed by atoms with Gasteiger partial charge in [-0.2, -0.15) is 0 Å². The third-order valence-electron chi connectivity index (χ3n) is 6.59. The number of nitrogens with zero attached hydrogens (tertiary/aromatic N) is 3. The highest BCUT2D eigenvalue weighted by Gasteiger charge is 2.63. The molecule has 3 amide bonds. The molecule has 190 valence electrons. The van der Waals surface area contributed by atoms with Crippen molar-refractivity contribution in [2.24, 2.45) is 5.41 Å². The van der Waals surface area contributed by atoms with E-state index >= 15 is 0 Å². The van der Waals surface area contributed by atoms with Crippen molar-refractivity contribution in [1.29, 1.82) is 0 Å². The number of carbonyl (C=O) groups excluding carboxylic acids is 2. The van der Waals surface area contributed by atoms with Crippen molar-refractivity contribution in [3.05, 3.63) is 83.7 Å². The molecule has 4 heterocycles. The molecule has 0 bridgehead atoms. The Labute approximate surface area is 207 Å². The minimum Gasteiger partial charge on any atom is -0.383 e. The molecule has 1 aromatic carbocycles. The summed E-state index contributed by atoms with van der Waals surface area (Å²) in [5.74, 6) is -2.17. The lowest BCUT2D eigenvalue weighted by Gasteiger charge is -2.59. The van der Waals surface area contributed by atoms with E-state index in [4.69, 9.17) is 0 Å². The van der Waals surface area contributed by atoms with Crippen LogP contribution in [0.4, 0.5) is 23.7 Å². The van der Waals surface area contributed by atoms with Crippen molar-refractivity contribution >= 4 is 17.6 Å². The van der Waals surface area contributed by atoms with E-state index in [1.54, 1.807) is 17.2 Å². The summed E-state index contributed by atoms with van der Waals surface area (Å²) in [5, 5.41) is 5.35. The van der Waals surface area contributed by atoms with E-state index in [9.17, 15) is 22.8 Å². The number of dihydropyridines is 1. The molecule has 1 unspecified atom stereocenters. The molecule has 2 saturated heterocycles. The average molecular weight is 500 g/mol. The summed E-state index contributed by atoms with van der Waals surface area (Å²) in [6.07, 6.45) is 5.01. The number of pyridine rings is 1. The maximum absolute atomic E-state index is 13.9. The number of urea groups is 1. The number of β-lactam (4-membered cyclic amide) rings is 1. The molecule has 5 rings (SSSR count). The van der Waals surface area contributed by atoms with Crippen LogP contribution < -0.4 is 10.6 Å². The third-order valence-corrected chi connectivity index (χ3v) is 6.59. The van der Waals surface area contributed by atoms with Crippen LogP contribution in [0.5, 0.6) is 0 Å². The van der Waals surface area contributed by atoms with Crippen LogP contribution in [0.15, 0.2) is 66.4 Å². The smallest absolute Gasteiger partial charge is 0.321 e. The number of rotatable bonds is 3. The predicted molar refractivity (Wildman–Crippen MR) is 129 cm³/mol. The molecule has 7 nitrogen and oxygen atoms in total. The Morgan fingerprint density at radius 3 is 2.42 bits per heavy atom.